The molecule has 8 nitrogen and oxygen atoms in total. The topological polar surface area (TPSA) is 150 Å². The summed E-state index contributed by atoms with van der Waals surface area (Å²) in [6, 6.07) is 0. The van der Waals surface area contributed by atoms with Crippen LogP contribution in [0.2, 0.25) is 0 Å². The van der Waals surface area contributed by atoms with Crippen LogP contribution < -0.4 is 5.32 Å². The van der Waals surface area contributed by atoms with E-state index in [4.69, 9.17) is 10.2 Å². The van der Waals surface area contributed by atoms with E-state index in [0.29, 0.717) is 0 Å². The maximum atomic E-state index is 10.9. The number of hydrogen-bond acceptors (Lipinski definition) is 7. The van der Waals surface area contributed by atoms with E-state index >= 15 is 0 Å². The van der Waals surface area contributed by atoms with Crippen molar-refractivity contribution in [1.29, 1.82) is 0 Å². The molecule has 0 saturated heterocycles. The zero-order valence-electron chi connectivity index (χ0n) is 9.39. The molecule has 0 aliphatic rings. The third kappa shape index (κ3) is 4.94. The van der Waals surface area contributed by atoms with Crippen LogP contribution in [0.4, 0.5) is 0 Å². The molecule has 0 rings (SSSR count). The smallest absolute Gasteiger partial charge is 0.221 e. The Kier molecular flexibility index (Phi) is 7.19. The van der Waals surface area contributed by atoms with Crippen LogP contribution in [0.1, 0.15) is 13.3 Å². The zero-order chi connectivity index (χ0) is 13.6. The Morgan fingerprint density at radius 1 is 1.06 bits per heavy atom. The lowest BCUT2D eigenvalue weighted by atomic mass is 10.0. The minimum absolute atomic E-state index is 0.0711. The largest absolute Gasteiger partial charge is 0.394 e. The van der Waals surface area contributed by atoms with Gasteiger partial charge < -0.3 is 36.0 Å². The van der Waals surface area contributed by atoms with Gasteiger partial charge in [0.2, 0.25) is 5.91 Å². The first-order chi connectivity index (χ1) is 7.84. The van der Waals surface area contributed by atoms with Gasteiger partial charge in [0.25, 0.3) is 0 Å². The van der Waals surface area contributed by atoms with Crippen LogP contribution in [0.5, 0.6) is 0 Å². The second kappa shape index (κ2) is 7.54. The van der Waals surface area contributed by atoms with Gasteiger partial charge in [0.05, 0.1) is 6.61 Å². The second-order valence-corrected chi connectivity index (χ2v) is 3.59. The van der Waals surface area contributed by atoms with Crippen molar-refractivity contribution in [2.75, 3.05) is 6.61 Å². The molecule has 102 valence electrons. The highest BCUT2D eigenvalue weighted by Gasteiger charge is 2.34. The summed E-state index contributed by atoms with van der Waals surface area (Å²) in [5.74, 6) is -0.555. The third-order valence-corrected chi connectivity index (χ3v) is 2.23. The first-order valence-corrected chi connectivity index (χ1v) is 5.15. The Labute approximate surface area is 98.1 Å². The van der Waals surface area contributed by atoms with Crippen molar-refractivity contribution in [3.05, 3.63) is 0 Å². The molecule has 0 aromatic rings. The Morgan fingerprint density at radius 3 is 2.00 bits per heavy atom. The molecule has 0 spiro atoms. The van der Waals surface area contributed by atoms with E-state index in [-0.39, 0.29) is 6.42 Å². The highest BCUT2D eigenvalue weighted by Crippen LogP contribution is 2.07. The lowest BCUT2D eigenvalue weighted by Gasteiger charge is -2.28. The van der Waals surface area contributed by atoms with Crippen LogP contribution in [-0.2, 0) is 4.79 Å². The number of amides is 1. The highest BCUT2D eigenvalue weighted by molar-refractivity contribution is 5.75. The number of nitrogens with one attached hydrogen (secondary N) is 1. The number of aliphatic hydroxyl groups is 6. The van der Waals surface area contributed by atoms with Crippen molar-refractivity contribution in [3.8, 4) is 0 Å². The average molecular weight is 253 g/mol. The van der Waals surface area contributed by atoms with E-state index in [1.165, 1.54) is 6.92 Å². The minimum atomic E-state index is -1.91. The van der Waals surface area contributed by atoms with Crippen molar-refractivity contribution in [3.63, 3.8) is 0 Å². The predicted octanol–water partition coefficient (Wildman–Crippen LogP) is -3.73. The fourth-order valence-corrected chi connectivity index (χ4v) is 1.08. The van der Waals surface area contributed by atoms with Gasteiger partial charge in [-0.1, -0.05) is 6.92 Å². The molecule has 1 amide bonds. The van der Waals surface area contributed by atoms with Gasteiger partial charge in [0.1, 0.15) is 24.4 Å². The Balaban J connectivity index is 4.37. The summed E-state index contributed by atoms with van der Waals surface area (Å²) in [7, 11) is 0. The van der Waals surface area contributed by atoms with Gasteiger partial charge in [-0.25, -0.2) is 0 Å². The molecule has 0 heterocycles. The SMILES string of the molecule is CCC(=O)NC(O)[C@H](O)[C@@H](O)[C@H](O)[C@H](O)CO. The molecule has 0 aromatic carbocycles. The van der Waals surface area contributed by atoms with Crippen molar-refractivity contribution in [2.45, 2.75) is 44.0 Å². The Bertz CT molecular complexity index is 237. The van der Waals surface area contributed by atoms with Gasteiger partial charge in [-0.05, 0) is 0 Å². The lowest BCUT2D eigenvalue weighted by Crippen LogP contribution is -2.54. The summed E-state index contributed by atoms with van der Waals surface area (Å²) >= 11 is 0. The minimum Gasteiger partial charge on any atom is -0.394 e. The van der Waals surface area contributed by atoms with E-state index in [0.717, 1.165) is 0 Å². The summed E-state index contributed by atoms with van der Waals surface area (Å²) in [5, 5.41) is 56.8. The molecule has 5 atom stereocenters. The summed E-state index contributed by atoms with van der Waals surface area (Å²) in [5.41, 5.74) is 0. The van der Waals surface area contributed by atoms with Gasteiger partial charge >= 0.3 is 0 Å². The summed E-state index contributed by atoms with van der Waals surface area (Å²) in [4.78, 5) is 10.9. The molecule has 0 fully saturated rings. The first kappa shape index (κ1) is 16.2. The van der Waals surface area contributed by atoms with Crippen LogP contribution >= 0.6 is 0 Å². The number of hydrogen-bond donors (Lipinski definition) is 7. The fourth-order valence-electron chi connectivity index (χ4n) is 1.08. The first-order valence-electron chi connectivity index (χ1n) is 5.15. The van der Waals surface area contributed by atoms with Gasteiger partial charge in [0.15, 0.2) is 6.23 Å². The average Bonchev–Trinajstić information content (AvgIpc) is 2.34. The van der Waals surface area contributed by atoms with Crippen molar-refractivity contribution >= 4 is 5.91 Å². The molecule has 1 unspecified atom stereocenters. The monoisotopic (exact) mass is 253 g/mol. The zero-order valence-corrected chi connectivity index (χ0v) is 9.39. The van der Waals surface area contributed by atoms with Gasteiger partial charge in [0, 0.05) is 6.42 Å². The summed E-state index contributed by atoms with van der Waals surface area (Å²) < 4.78 is 0. The van der Waals surface area contributed by atoms with E-state index < -0.39 is 43.2 Å². The predicted molar refractivity (Wildman–Crippen MR) is 55.6 cm³/mol. The molecule has 7 N–H and O–H groups in total. The molecule has 17 heavy (non-hydrogen) atoms. The molecule has 0 radical (unpaired) electrons. The van der Waals surface area contributed by atoms with Crippen LogP contribution in [0.25, 0.3) is 0 Å². The maximum absolute atomic E-state index is 10.9. The summed E-state index contributed by atoms with van der Waals surface area (Å²) in [6.45, 7) is 0.706. The lowest BCUT2D eigenvalue weighted by molar-refractivity contribution is -0.151. The van der Waals surface area contributed by atoms with Crippen LogP contribution in [0.15, 0.2) is 0 Å². The molecule has 8 heteroatoms. The maximum Gasteiger partial charge on any atom is 0.221 e. The molecular formula is C9H19NO7. The number of aliphatic hydroxyl groups excluding tert-OH is 6. The number of carbonyl (C=O) groups excluding carboxylic acids is 1. The van der Waals surface area contributed by atoms with Gasteiger partial charge in [-0.15, -0.1) is 0 Å². The summed E-state index contributed by atoms with van der Waals surface area (Å²) in [6.07, 6.45) is -9.01. The molecule has 0 aliphatic heterocycles. The van der Waals surface area contributed by atoms with Crippen LogP contribution in [0, 0.1) is 0 Å². The quantitative estimate of drug-likeness (QED) is 0.230. The molecule has 0 aromatic heterocycles. The number of rotatable bonds is 7. The normalized spacial score (nSPS) is 20.2. The van der Waals surface area contributed by atoms with Crippen LogP contribution in [0.3, 0.4) is 0 Å². The van der Waals surface area contributed by atoms with E-state index in [1.807, 2.05) is 5.32 Å². The third-order valence-electron chi connectivity index (χ3n) is 2.23. The van der Waals surface area contributed by atoms with Crippen molar-refractivity contribution < 1.29 is 35.4 Å². The Morgan fingerprint density at radius 2 is 1.59 bits per heavy atom. The van der Waals surface area contributed by atoms with E-state index in [9.17, 15) is 25.2 Å². The molecule has 0 saturated carbocycles. The molecular weight excluding hydrogens is 234 g/mol. The highest BCUT2D eigenvalue weighted by atomic mass is 16.4. The van der Waals surface area contributed by atoms with E-state index in [2.05, 4.69) is 0 Å². The fraction of sp³-hybridized carbons (Fsp3) is 0.889. The Hall–Kier alpha value is -0.770. The number of carbonyl (C=O) groups is 1. The van der Waals surface area contributed by atoms with Gasteiger partial charge in [-0.2, -0.15) is 0 Å². The standard InChI is InChI=1S/C9H19NO7/c1-2-5(13)10-9(17)8(16)7(15)6(14)4(12)3-11/h4,6-9,11-12,14-17H,2-3H2,1H3,(H,10,13)/t4-,6-,7+,8-,9?/m1/s1. The van der Waals surface area contributed by atoms with Crippen molar-refractivity contribution in [2.24, 2.45) is 0 Å². The van der Waals surface area contributed by atoms with E-state index in [1.54, 1.807) is 0 Å². The molecule has 0 aliphatic carbocycles. The second-order valence-electron chi connectivity index (χ2n) is 3.59. The van der Waals surface area contributed by atoms with Crippen LogP contribution in [-0.4, -0.2) is 73.8 Å². The molecule has 0 bridgehead atoms. The van der Waals surface area contributed by atoms with Crippen molar-refractivity contribution in [1.82, 2.24) is 5.32 Å². The van der Waals surface area contributed by atoms with Gasteiger partial charge in [-0.3, -0.25) is 4.79 Å².